The van der Waals surface area contributed by atoms with Gasteiger partial charge in [0.25, 0.3) is 0 Å². The fourth-order valence-electron chi connectivity index (χ4n) is 2.64. The van der Waals surface area contributed by atoms with Crippen LogP contribution < -0.4 is 5.32 Å². The van der Waals surface area contributed by atoms with Gasteiger partial charge in [0.05, 0.1) is 0 Å². The Kier molecular flexibility index (Phi) is 3.28. The lowest BCUT2D eigenvalue weighted by Crippen LogP contribution is -2.41. The van der Waals surface area contributed by atoms with E-state index in [0.29, 0.717) is 11.5 Å². The van der Waals surface area contributed by atoms with Crippen molar-refractivity contribution in [2.24, 2.45) is 5.41 Å². The van der Waals surface area contributed by atoms with E-state index in [1.807, 2.05) is 7.05 Å². The molecule has 0 bridgehead atoms. The minimum absolute atomic E-state index is 0.407. The van der Waals surface area contributed by atoms with Crippen molar-refractivity contribution in [1.29, 1.82) is 0 Å². The average Bonchev–Trinajstić information content (AvgIpc) is 2.62. The molecule has 0 aliphatic heterocycles. The van der Waals surface area contributed by atoms with Gasteiger partial charge in [-0.15, -0.1) is 0 Å². The van der Waals surface area contributed by atoms with Crippen LogP contribution in [-0.2, 0) is 6.42 Å². The highest BCUT2D eigenvalue weighted by Crippen LogP contribution is 2.42. The van der Waals surface area contributed by atoms with Crippen molar-refractivity contribution in [3.8, 4) is 0 Å². The lowest BCUT2D eigenvalue weighted by atomic mass is 9.66. The third-order valence-electron chi connectivity index (χ3n) is 3.64. The van der Waals surface area contributed by atoms with Gasteiger partial charge < -0.3 is 5.32 Å². The lowest BCUT2D eigenvalue weighted by Gasteiger charge is -2.41. The van der Waals surface area contributed by atoms with Crippen LogP contribution in [0.5, 0.6) is 0 Å². The van der Waals surface area contributed by atoms with Gasteiger partial charge in [0, 0.05) is 19.0 Å². The van der Waals surface area contributed by atoms with Gasteiger partial charge in [0.2, 0.25) is 0 Å². The molecular weight excluding hydrogens is 200 g/mol. The maximum Gasteiger partial charge on any atom is 0.138 e. The van der Waals surface area contributed by atoms with Crippen LogP contribution in [0.15, 0.2) is 6.33 Å². The van der Waals surface area contributed by atoms with Crippen molar-refractivity contribution < 1.29 is 0 Å². The molecule has 1 fully saturated rings. The molecule has 0 unspecified atom stereocenters. The summed E-state index contributed by atoms with van der Waals surface area (Å²) in [4.78, 5) is 4.41. The summed E-state index contributed by atoms with van der Waals surface area (Å²) in [6, 6.07) is 0.407. The number of rotatable bonds is 5. The molecule has 1 aromatic rings. The van der Waals surface area contributed by atoms with Crippen LogP contribution in [0.4, 0.5) is 0 Å². The van der Waals surface area contributed by atoms with Crippen molar-refractivity contribution >= 4 is 0 Å². The Balaban J connectivity index is 2.10. The van der Waals surface area contributed by atoms with Gasteiger partial charge >= 0.3 is 0 Å². The van der Waals surface area contributed by atoms with E-state index < -0.39 is 0 Å². The molecule has 0 saturated heterocycles. The van der Waals surface area contributed by atoms with Crippen LogP contribution in [-0.4, -0.2) is 28.4 Å². The molecule has 0 atom stereocenters. The second-order valence-electron chi connectivity index (χ2n) is 5.28. The van der Waals surface area contributed by atoms with Gasteiger partial charge in [-0.05, 0) is 39.2 Å². The number of aromatic nitrogens is 3. The molecule has 0 spiro atoms. The van der Waals surface area contributed by atoms with Crippen LogP contribution >= 0.6 is 0 Å². The highest BCUT2D eigenvalue weighted by Gasteiger charge is 2.37. The Labute approximate surface area is 97.5 Å². The Bertz CT molecular complexity index is 339. The number of nitrogens with zero attached hydrogens (tertiary/aromatic N) is 3. The Morgan fingerprint density at radius 2 is 2.25 bits per heavy atom. The van der Waals surface area contributed by atoms with Crippen molar-refractivity contribution in [2.45, 2.75) is 45.6 Å². The zero-order valence-electron chi connectivity index (χ0n) is 10.5. The lowest BCUT2D eigenvalue weighted by molar-refractivity contribution is 0.128. The van der Waals surface area contributed by atoms with Gasteiger partial charge in [-0.2, -0.15) is 5.10 Å². The molecular formula is C12H22N4. The first-order chi connectivity index (χ1) is 7.67. The van der Waals surface area contributed by atoms with E-state index >= 15 is 0 Å². The van der Waals surface area contributed by atoms with Gasteiger partial charge in [-0.1, -0.05) is 6.42 Å². The zero-order valence-corrected chi connectivity index (χ0v) is 10.5. The first kappa shape index (κ1) is 11.6. The first-order valence-corrected chi connectivity index (χ1v) is 6.20. The smallest absolute Gasteiger partial charge is 0.138 e. The molecule has 90 valence electrons. The van der Waals surface area contributed by atoms with Crippen molar-refractivity contribution in [3.63, 3.8) is 0 Å². The molecule has 1 saturated carbocycles. The Morgan fingerprint density at radius 3 is 2.75 bits per heavy atom. The summed E-state index contributed by atoms with van der Waals surface area (Å²) < 4.78 is 2.05. The summed E-state index contributed by atoms with van der Waals surface area (Å²) in [5.41, 5.74) is 0.439. The monoisotopic (exact) mass is 222 g/mol. The summed E-state index contributed by atoms with van der Waals surface area (Å²) in [6.07, 6.45) is 6.74. The van der Waals surface area contributed by atoms with Gasteiger partial charge in [0.15, 0.2) is 0 Å². The van der Waals surface area contributed by atoms with Crippen LogP contribution in [0.25, 0.3) is 0 Å². The predicted molar refractivity (Wildman–Crippen MR) is 64.3 cm³/mol. The topological polar surface area (TPSA) is 42.7 Å². The van der Waals surface area contributed by atoms with Gasteiger partial charge in [-0.25, -0.2) is 9.67 Å². The molecule has 1 aliphatic rings. The SMILES string of the molecule is CNCC1(Cc2ncnn2C(C)C)CCC1. The minimum atomic E-state index is 0.407. The molecule has 0 radical (unpaired) electrons. The summed E-state index contributed by atoms with van der Waals surface area (Å²) in [7, 11) is 2.03. The molecule has 16 heavy (non-hydrogen) atoms. The van der Waals surface area contributed by atoms with Crippen LogP contribution in [0.3, 0.4) is 0 Å². The molecule has 1 aliphatic carbocycles. The summed E-state index contributed by atoms with van der Waals surface area (Å²) >= 11 is 0. The third-order valence-corrected chi connectivity index (χ3v) is 3.64. The molecule has 2 rings (SSSR count). The molecule has 0 aromatic carbocycles. The highest BCUT2D eigenvalue weighted by atomic mass is 15.3. The van der Waals surface area contributed by atoms with E-state index in [0.717, 1.165) is 18.8 Å². The molecule has 1 N–H and O–H groups in total. The standard InChI is InChI=1S/C12H22N4/c1-10(2)16-11(14-9-15-16)7-12(8-13-3)5-4-6-12/h9-10,13H,4-8H2,1-3H3. The number of hydrogen-bond donors (Lipinski definition) is 1. The second kappa shape index (κ2) is 4.53. The van der Waals surface area contributed by atoms with E-state index in [2.05, 4.69) is 33.9 Å². The molecule has 4 heteroatoms. The zero-order chi connectivity index (χ0) is 11.6. The fraction of sp³-hybridized carbons (Fsp3) is 0.833. The quantitative estimate of drug-likeness (QED) is 0.826. The molecule has 1 aromatic heterocycles. The normalized spacial score (nSPS) is 18.8. The molecule has 0 amide bonds. The minimum Gasteiger partial charge on any atom is -0.319 e. The van der Waals surface area contributed by atoms with Crippen molar-refractivity contribution in [3.05, 3.63) is 12.2 Å². The van der Waals surface area contributed by atoms with Gasteiger partial charge in [-0.3, -0.25) is 0 Å². The van der Waals surface area contributed by atoms with Crippen molar-refractivity contribution in [1.82, 2.24) is 20.1 Å². The van der Waals surface area contributed by atoms with E-state index in [1.54, 1.807) is 6.33 Å². The van der Waals surface area contributed by atoms with Gasteiger partial charge in [0.1, 0.15) is 12.2 Å². The summed E-state index contributed by atoms with van der Waals surface area (Å²) in [5, 5.41) is 7.62. The predicted octanol–water partition coefficient (Wildman–Crippen LogP) is 1.79. The van der Waals surface area contributed by atoms with Crippen LogP contribution in [0.2, 0.25) is 0 Å². The Morgan fingerprint density at radius 1 is 1.50 bits per heavy atom. The fourth-order valence-corrected chi connectivity index (χ4v) is 2.64. The Hall–Kier alpha value is -0.900. The van der Waals surface area contributed by atoms with E-state index in [9.17, 15) is 0 Å². The highest BCUT2D eigenvalue weighted by molar-refractivity contribution is 5.00. The summed E-state index contributed by atoms with van der Waals surface area (Å²) in [6.45, 7) is 5.41. The maximum atomic E-state index is 4.41. The third kappa shape index (κ3) is 2.12. The van der Waals surface area contributed by atoms with Crippen LogP contribution in [0.1, 0.15) is 45.0 Å². The maximum absolute atomic E-state index is 4.41. The van der Waals surface area contributed by atoms with E-state index in [4.69, 9.17) is 0 Å². The average molecular weight is 222 g/mol. The number of nitrogens with one attached hydrogen (secondary N) is 1. The number of hydrogen-bond acceptors (Lipinski definition) is 3. The first-order valence-electron chi connectivity index (χ1n) is 6.20. The largest absolute Gasteiger partial charge is 0.319 e. The van der Waals surface area contributed by atoms with E-state index in [1.165, 1.54) is 19.3 Å². The summed E-state index contributed by atoms with van der Waals surface area (Å²) in [5.74, 6) is 1.14. The molecule has 1 heterocycles. The van der Waals surface area contributed by atoms with Crippen molar-refractivity contribution in [2.75, 3.05) is 13.6 Å². The van der Waals surface area contributed by atoms with Crippen LogP contribution in [0, 0.1) is 5.41 Å². The second-order valence-corrected chi connectivity index (χ2v) is 5.28. The molecule has 4 nitrogen and oxygen atoms in total. The van der Waals surface area contributed by atoms with E-state index in [-0.39, 0.29) is 0 Å².